The van der Waals surface area contributed by atoms with E-state index in [1.165, 1.54) is 24.5 Å². The first-order valence-corrected chi connectivity index (χ1v) is 13.0. The average molecular weight is 558 g/mol. The van der Waals surface area contributed by atoms with Gasteiger partial charge >= 0.3 is 6.18 Å². The van der Waals surface area contributed by atoms with Crippen LogP contribution in [0, 0.1) is 0 Å². The average Bonchev–Trinajstić information content (AvgIpc) is 3.18. The molecule has 40 heavy (non-hydrogen) atoms. The summed E-state index contributed by atoms with van der Waals surface area (Å²) < 4.78 is 46.8. The normalized spacial score (nSPS) is 24.9. The second kappa shape index (κ2) is 10.7. The van der Waals surface area contributed by atoms with Gasteiger partial charge in [-0.15, -0.1) is 0 Å². The fourth-order valence-electron chi connectivity index (χ4n) is 5.50. The second-order valence-corrected chi connectivity index (χ2v) is 10.2. The maximum Gasteiger partial charge on any atom is 0.416 e. The molecule has 6 N–H and O–H groups in total. The summed E-state index contributed by atoms with van der Waals surface area (Å²) in [5.41, 5.74) is 11.1. The van der Waals surface area contributed by atoms with Gasteiger partial charge in [0.25, 0.3) is 0 Å². The highest BCUT2D eigenvalue weighted by Crippen LogP contribution is 2.41. The molecule has 0 spiro atoms. The molecule has 1 aromatic carbocycles. The number of pyridine rings is 1. The Labute approximate surface area is 228 Å². The van der Waals surface area contributed by atoms with Crippen LogP contribution in [0.4, 0.5) is 13.2 Å². The zero-order valence-corrected chi connectivity index (χ0v) is 21.7. The molecule has 2 aromatic rings. The lowest BCUT2D eigenvalue weighted by molar-refractivity contribution is -0.137. The van der Waals surface area contributed by atoms with E-state index in [-0.39, 0.29) is 18.2 Å². The number of guanidine groups is 1. The van der Waals surface area contributed by atoms with Gasteiger partial charge in [0.15, 0.2) is 6.04 Å². The van der Waals surface area contributed by atoms with Crippen LogP contribution < -0.4 is 26.8 Å². The first-order chi connectivity index (χ1) is 19.0. The minimum atomic E-state index is -4.49. The summed E-state index contributed by atoms with van der Waals surface area (Å²) >= 11 is 0. The number of fused-ring (bicyclic) bond motifs is 2. The third-order valence-electron chi connectivity index (χ3n) is 7.45. The summed E-state index contributed by atoms with van der Waals surface area (Å²) in [4.78, 5) is 34.2. The van der Waals surface area contributed by atoms with Gasteiger partial charge in [0.2, 0.25) is 17.8 Å². The molecule has 2 amide bonds. The maximum atomic E-state index is 13.5. The molecule has 2 fully saturated rings. The van der Waals surface area contributed by atoms with Crippen molar-refractivity contribution in [2.45, 2.75) is 69.1 Å². The number of hydrogen-bond acceptors (Lipinski definition) is 8. The predicted octanol–water partition coefficient (Wildman–Crippen LogP) is 2.26. The number of carbonyl (C=O) groups excluding carboxylic acids is 2. The van der Waals surface area contributed by atoms with Gasteiger partial charge in [-0.2, -0.15) is 13.2 Å². The number of primary amides is 2. The third-order valence-corrected chi connectivity index (χ3v) is 7.45. The van der Waals surface area contributed by atoms with Crippen LogP contribution in [-0.4, -0.2) is 57.9 Å². The summed E-state index contributed by atoms with van der Waals surface area (Å²) in [6, 6.07) is 5.20. The number of amides is 2. The van der Waals surface area contributed by atoms with E-state index in [1.54, 1.807) is 19.1 Å². The number of halogens is 3. The van der Waals surface area contributed by atoms with Crippen molar-refractivity contribution in [1.82, 2.24) is 20.5 Å². The van der Waals surface area contributed by atoms with Crippen LogP contribution in [0.15, 0.2) is 59.6 Å². The molecule has 4 atom stereocenters. The zero-order chi connectivity index (χ0) is 28.6. The molecule has 2 bridgehead atoms. The lowest BCUT2D eigenvalue weighted by Crippen LogP contribution is -2.57. The number of benzene rings is 1. The number of nitrogens with zero attached hydrogens (tertiary/aromatic N) is 3. The molecule has 13 heteroatoms. The molecule has 2 saturated heterocycles. The van der Waals surface area contributed by atoms with Gasteiger partial charge in [-0.1, -0.05) is 0 Å². The SMILES string of the molecule is C[C@H](NC1=CC(C(N)=O)N=C(N2C3CCC2CC(Oc2ccc(C(F)(F)F)cc2-c2ccncc2)C3)N1)C(N)=O. The molecule has 3 aliphatic heterocycles. The Balaban J connectivity index is 1.35. The van der Waals surface area contributed by atoms with E-state index in [9.17, 15) is 22.8 Å². The first-order valence-electron chi connectivity index (χ1n) is 13.0. The van der Waals surface area contributed by atoms with Crippen LogP contribution >= 0.6 is 0 Å². The van der Waals surface area contributed by atoms with Crippen LogP contribution in [0.1, 0.15) is 38.2 Å². The van der Waals surface area contributed by atoms with Crippen molar-refractivity contribution >= 4 is 17.8 Å². The van der Waals surface area contributed by atoms with Crippen molar-refractivity contribution in [3.63, 3.8) is 0 Å². The molecular weight excluding hydrogens is 527 g/mol. The van der Waals surface area contributed by atoms with E-state index in [2.05, 4.69) is 25.5 Å². The van der Waals surface area contributed by atoms with Gasteiger partial charge in [0.05, 0.1) is 5.56 Å². The molecule has 0 saturated carbocycles. The van der Waals surface area contributed by atoms with Crippen molar-refractivity contribution in [2.75, 3.05) is 0 Å². The topological polar surface area (TPSA) is 148 Å². The van der Waals surface area contributed by atoms with Gasteiger partial charge in [-0.3, -0.25) is 14.6 Å². The van der Waals surface area contributed by atoms with Crippen LogP contribution in [-0.2, 0) is 15.8 Å². The number of alkyl halides is 3. The standard InChI is InChI=1S/C27H30F3N7O3/c1-14(24(31)38)34-23-13-21(25(32)39)35-26(36-23)37-17-3-4-18(37)12-19(11-17)40-22-5-2-16(27(28,29)30)10-20(22)15-6-8-33-9-7-15/h2,5-10,13-14,17-19,21,34H,3-4,11-12H2,1H3,(H2,31,38)(H2,32,39)(H,35,36)/t14-,17?,18?,19?,21?/m0/s1. The number of carbonyl (C=O) groups is 2. The van der Waals surface area contributed by atoms with Crippen LogP contribution in [0.3, 0.4) is 0 Å². The monoisotopic (exact) mass is 557 g/mol. The number of rotatable bonds is 7. The Morgan fingerprint density at radius 2 is 1.80 bits per heavy atom. The Bertz CT molecular complexity index is 1330. The van der Waals surface area contributed by atoms with Gasteiger partial charge in [-0.05, 0) is 61.7 Å². The summed E-state index contributed by atoms with van der Waals surface area (Å²) in [7, 11) is 0. The molecular formula is C27H30F3N7O3. The minimum Gasteiger partial charge on any atom is -0.490 e. The van der Waals surface area contributed by atoms with Gasteiger partial charge in [0.1, 0.15) is 23.7 Å². The fraction of sp³-hybridized carbons (Fsp3) is 0.407. The van der Waals surface area contributed by atoms with Crippen molar-refractivity contribution < 1.29 is 27.5 Å². The van der Waals surface area contributed by atoms with Crippen molar-refractivity contribution in [1.29, 1.82) is 0 Å². The smallest absolute Gasteiger partial charge is 0.416 e. The maximum absolute atomic E-state index is 13.5. The highest BCUT2D eigenvalue weighted by Gasteiger charge is 2.44. The lowest BCUT2D eigenvalue weighted by Gasteiger charge is -2.42. The predicted molar refractivity (Wildman–Crippen MR) is 140 cm³/mol. The number of nitrogens with two attached hydrogens (primary N) is 2. The highest BCUT2D eigenvalue weighted by atomic mass is 19.4. The molecule has 3 aliphatic rings. The number of piperidine rings is 1. The molecule has 1 aromatic heterocycles. The van der Waals surface area contributed by atoms with Crippen molar-refractivity contribution in [3.05, 3.63) is 60.2 Å². The number of aromatic nitrogens is 1. The van der Waals surface area contributed by atoms with Gasteiger partial charge in [0, 0.05) is 42.9 Å². The fourth-order valence-corrected chi connectivity index (χ4v) is 5.50. The number of nitrogens with one attached hydrogen (secondary N) is 2. The Morgan fingerprint density at radius 1 is 1.12 bits per heavy atom. The molecule has 5 rings (SSSR count). The Hall–Kier alpha value is -4.29. The van der Waals surface area contributed by atoms with E-state index in [0.717, 1.165) is 25.0 Å². The first kappa shape index (κ1) is 27.3. The van der Waals surface area contributed by atoms with Crippen LogP contribution in [0.25, 0.3) is 11.1 Å². The third kappa shape index (κ3) is 5.68. The van der Waals surface area contributed by atoms with Crippen LogP contribution in [0.2, 0.25) is 0 Å². The van der Waals surface area contributed by atoms with Crippen molar-refractivity contribution in [3.8, 4) is 16.9 Å². The van der Waals surface area contributed by atoms with E-state index in [0.29, 0.717) is 41.5 Å². The van der Waals surface area contributed by atoms with Gasteiger partial charge < -0.3 is 31.7 Å². The summed E-state index contributed by atoms with van der Waals surface area (Å²) in [6.07, 6.45) is 2.71. The zero-order valence-electron chi connectivity index (χ0n) is 21.7. The highest BCUT2D eigenvalue weighted by molar-refractivity contribution is 5.91. The van der Waals surface area contributed by atoms with E-state index >= 15 is 0 Å². The molecule has 3 unspecified atom stereocenters. The lowest BCUT2D eigenvalue weighted by atomic mass is 9.98. The Kier molecular flexibility index (Phi) is 7.30. The molecule has 0 aliphatic carbocycles. The summed E-state index contributed by atoms with van der Waals surface area (Å²) in [6.45, 7) is 1.60. The number of aliphatic imine (C=N–C) groups is 1. The van der Waals surface area contributed by atoms with Gasteiger partial charge in [-0.25, -0.2) is 4.99 Å². The second-order valence-electron chi connectivity index (χ2n) is 10.2. The van der Waals surface area contributed by atoms with Crippen LogP contribution in [0.5, 0.6) is 5.75 Å². The van der Waals surface area contributed by atoms with Crippen molar-refractivity contribution in [2.24, 2.45) is 16.5 Å². The molecule has 212 valence electrons. The summed E-state index contributed by atoms with van der Waals surface area (Å²) in [5, 5.41) is 6.12. The molecule has 4 heterocycles. The number of hydrogen-bond donors (Lipinski definition) is 4. The summed E-state index contributed by atoms with van der Waals surface area (Å²) in [5.74, 6) is 0.0400. The van der Waals surface area contributed by atoms with E-state index in [4.69, 9.17) is 16.2 Å². The van der Waals surface area contributed by atoms with E-state index < -0.39 is 35.6 Å². The molecule has 10 nitrogen and oxygen atoms in total. The van der Waals surface area contributed by atoms with E-state index in [1.807, 2.05) is 0 Å². The quantitative estimate of drug-likeness (QED) is 0.408. The minimum absolute atomic E-state index is 0.00950. The largest absolute Gasteiger partial charge is 0.490 e. The molecule has 0 radical (unpaired) electrons. The Morgan fingerprint density at radius 3 is 2.40 bits per heavy atom. The number of ether oxygens (including phenoxy) is 1.